The van der Waals surface area contributed by atoms with E-state index in [1.165, 1.54) is 148 Å². The van der Waals surface area contributed by atoms with Crippen molar-refractivity contribution in [3.63, 3.8) is 0 Å². The van der Waals surface area contributed by atoms with Gasteiger partial charge in [0.25, 0.3) is 0 Å². The molecule has 25 rings (SSSR count). The van der Waals surface area contributed by atoms with Crippen LogP contribution in [0.25, 0.3) is 0 Å². The zero-order chi connectivity index (χ0) is 74.4. The van der Waals surface area contributed by atoms with Gasteiger partial charge in [-0.2, -0.15) is 0 Å². The number of hydrogen-bond acceptors (Lipinski definition) is 7. The van der Waals surface area contributed by atoms with Gasteiger partial charge in [0, 0.05) is 117 Å². The lowest BCUT2D eigenvalue weighted by atomic mass is 9.56. The summed E-state index contributed by atoms with van der Waals surface area (Å²) in [4.78, 5) is 15.9. The molecule has 11 aliphatic heterocycles. The lowest BCUT2D eigenvalue weighted by Gasteiger charge is -2.63. The van der Waals surface area contributed by atoms with Crippen LogP contribution in [0.4, 0.5) is 34.1 Å². The van der Waals surface area contributed by atoms with E-state index in [0.29, 0.717) is 42.3 Å². The van der Waals surface area contributed by atoms with Crippen LogP contribution in [0.5, 0.6) is 0 Å². The summed E-state index contributed by atoms with van der Waals surface area (Å²) in [6.07, 6.45) is 15.8. The Labute approximate surface area is 635 Å². The predicted octanol–water partition coefficient (Wildman–Crippen LogP) is 23.6. The maximum absolute atomic E-state index is 5.92. The molecule has 0 spiro atoms. The van der Waals surface area contributed by atoms with Crippen molar-refractivity contribution in [2.24, 2.45) is 7.05 Å². The summed E-state index contributed by atoms with van der Waals surface area (Å²) in [5.74, 6) is 1.91. The molecule has 0 saturated carbocycles. The Kier molecular flexibility index (Phi) is 17.7. The topological polar surface area (TPSA) is 37.5 Å². The lowest BCUT2D eigenvalue weighted by molar-refractivity contribution is 0.138. The first-order chi connectivity index (χ1) is 50.8. The normalized spacial score (nSPS) is 31.0. The third-order valence-corrected chi connectivity index (χ3v) is 29.7. The Hall–Kier alpha value is -8.88. The van der Waals surface area contributed by atoms with Crippen LogP contribution in [0, 0.1) is 34.6 Å². The zero-order valence-corrected chi connectivity index (χ0v) is 66.9. The van der Waals surface area contributed by atoms with Crippen molar-refractivity contribution >= 4 is 34.1 Å². The van der Waals surface area contributed by atoms with Crippen molar-refractivity contribution < 1.29 is 4.42 Å². The van der Waals surface area contributed by atoms with Crippen molar-refractivity contribution in [1.82, 2.24) is 4.57 Å². The number of aryl methyl sites for hydroxylation is 6. The number of furan rings is 1. The molecule has 8 nitrogen and oxygen atoms in total. The van der Waals surface area contributed by atoms with Crippen molar-refractivity contribution in [3.8, 4) is 0 Å². The number of benzene rings is 8. The zero-order valence-electron chi connectivity index (χ0n) is 66.9. The summed E-state index contributed by atoms with van der Waals surface area (Å²) < 4.78 is 8.28. The highest BCUT2D eigenvalue weighted by Crippen LogP contribution is 2.62. The SMILES string of the molecule is Cc1ccccc1N1C(C)C2(C)CCC1(C)c1ccccc12.Cc1ccccc1N1C(C)C2(C)CCC1(C)c1ccn(C)c12.Cc1ccccc1N1C(C)C2(C)CCC1(C)c1ccoc12.Cc1ccccc1N1C(C)N2CCC1(C)c1ccccc12.Cc1ccccc1N1C2CCC(c3ccccc32)C1C. The molecule has 2 aromatic heterocycles. The van der Waals surface area contributed by atoms with Gasteiger partial charge in [-0.15, -0.1) is 0 Å². The second-order valence-electron chi connectivity index (χ2n) is 35.3. The minimum Gasteiger partial charge on any atom is -0.468 e. The van der Waals surface area contributed by atoms with Crippen LogP contribution in [0.15, 0.2) is 223 Å². The van der Waals surface area contributed by atoms with E-state index in [-0.39, 0.29) is 38.4 Å². The number of rotatable bonds is 5. The van der Waals surface area contributed by atoms with Gasteiger partial charge in [0.1, 0.15) is 5.76 Å². The number of hydrogen-bond donors (Lipinski definition) is 0. The molecule has 0 N–H and O–H groups in total. The van der Waals surface area contributed by atoms with E-state index in [1.54, 1.807) is 22.4 Å². The van der Waals surface area contributed by atoms with Gasteiger partial charge in [-0.3, -0.25) is 0 Å². The molecule has 5 fully saturated rings. The first-order valence-electron chi connectivity index (χ1n) is 40.3. The molecule has 550 valence electrons. The van der Waals surface area contributed by atoms with Gasteiger partial charge in [0.15, 0.2) is 0 Å². The van der Waals surface area contributed by atoms with E-state index in [4.69, 9.17) is 4.42 Å². The van der Waals surface area contributed by atoms with Crippen molar-refractivity contribution in [3.05, 3.63) is 297 Å². The number of fused-ring (bicyclic) bond motifs is 10. The molecule has 8 aromatic carbocycles. The second-order valence-corrected chi connectivity index (χ2v) is 35.3. The number of nitrogens with zero attached hydrogens (tertiary/aromatic N) is 7. The van der Waals surface area contributed by atoms with Crippen LogP contribution >= 0.6 is 0 Å². The highest BCUT2D eigenvalue weighted by molar-refractivity contribution is 5.72. The molecule has 10 bridgehead atoms. The Morgan fingerprint density at radius 3 is 1.30 bits per heavy atom. The quantitative estimate of drug-likeness (QED) is 0.170. The fourth-order valence-electron chi connectivity index (χ4n) is 23.2. The molecule has 106 heavy (non-hydrogen) atoms. The smallest absolute Gasteiger partial charge is 0.117 e. The van der Waals surface area contributed by atoms with E-state index >= 15 is 0 Å². The Morgan fingerprint density at radius 2 is 0.755 bits per heavy atom. The summed E-state index contributed by atoms with van der Waals surface area (Å²) in [7, 11) is 2.21. The highest BCUT2D eigenvalue weighted by atomic mass is 16.3. The van der Waals surface area contributed by atoms with Crippen molar-refractivity contribution in [2.75, 3.05) is 35.9 Å². The van der Waals surface area contributed by atoms with Crippen LogP contribution in [-0.2, 0) is 45.4 Å². The van der Waals surface area contributed by atoms with Gasteiger partial charge in [0.2, 0.25) is 0 Å². The van der Waals surface area contributed by atoms with Gasteiger partial charge in [-0.05, 0) is 259 Å². The van der Waals surface area contributed by atoms with E-state index in [9.17, 15) is 0 Å². The van der Waals surface area contributed by atoms with E-state index in [0.717, 1.165) is 6.54 Å². The summed E-state index contributed by atoms with van der Waals surface area (Å²) >= 11 is 0. The van der Waals surface area contributed by atoms with Gasteiger partial charge in [0.05, 0.1) is 40.6 Å². The molecular formula is C98H117N7O. The molecule has 10 aromatic rings. The minimum atomic E-state index is 0.0472. The number of aromatic nitrogens is 1. The molecule has 13 heterocycles. The molecule has 14 atom stereocenters. The third-order valence-electron chi connectivity index (χ3n) is 29.7. The molecule has 8 heteroatoms. The van der Waals surface area contributed by atoms with Crippen LogP contribution in [0.2, 0.25) is 0 Å². The van der Waals surface area contributed by atoms with Crippen LogP contribution in [0.1, 0.15) is 231 Å². The van der Waals surface area contributed by atoms with E-state index < -0.39 is 0 Å². The fraction of sp³-hybridized carbons (Fsp3) is 0.429. The minimum absolute atomic E-state index is 0.0472. The first-order valence-corrected chi connectivity index (χ1v) is 40.3. The van der Waals surface area contributed by atoms with Crippen molar-refractivity contribution in [2.45, 2.75) is 256 Å². The van der Waals surface area contributed by atoms with Gasteiger partial charge >= 0.3 is 0 Å². The molecule has 0 radical (unpaired) electrons. The number of anilines is 6. The second kappa shape index (κ2) is 26.2. The van der Waals surface area contributed by atoms with E-state index in [2.05, 4.69) is 371 Å². The van der Waals surface area contributed by atoms with Gasteiger partial charge < -0.3 is 38.4 Å². The average molecular weight is 1410 g/mol. The first kappa shape index (κ1) is 71.4. The lowest BCUT2D eigenvalue weighted by Crippen LogP contribution is -2.66. The Balaban J connectivity index is 0.000000102. The van der Waals surface area contributed by atoms with Crippen LogP contribution in [-0.4, -0.2) is 41.4 Å². The third kappa shape index (κ3) is 10.6. The monoisotopic (exact) mass is 1410 g/mol. The van der Waals surface area contributed by atoms with E-state index in [1.807, 2.05) is 6.26 Å². The summed E-state index contributed by atoms with van der Waals surface area (Å²) in [6.45, 7) is 41.2. The summed E-state index contributed by atoms with van der Waals surface area (Å²) in [5, 5.41) is 0. The maximum Gasteiger partial charge on any atom is 0.117 e. The largest absolute Gasteiger partial charge is 0.468 e. The average Bonchev–Trinajstić information content (AvgIpc) is 1.67. The predicted molar refractivity (Wildman–Crippen MR) is 445 cm³/mol. The van der Waals surface area contributed by atoms with Crippen molar-refractivity contribution in [1.29, 1.82) is 0 Å². The van der Waals surface area contributed by atoms with Gasteiger partial charge in [-0.25, -0.2) is 0 Å². The fourth-order valence-corrected chi connectivity index (χ4v) is 23.2. The Morgan fingerprint density at radius 1 is 0.349 bits per heavy atom. The molecule has 14 unspecified atom stereocenters. The molecule has 4 aliphatic carbocycles. The van der Waals surface area contributed by atoms with Gasteiger partial charge in [-0.1, -0.05) is 178 Å². The standard InChI is InChI=1S/C21H25N.C20H26N2.C19H22N2.C19H23NO.C19H21N/c1-15-9-5-8-12-19(15)22-16(2)20(3)13-14-21(22,4)18-11-7-6-10-17(18)20;1-14-8-6-7-9-17(14)22-15(2)19(3)11-12-20(22,4)16-10-13-21(5)18(16)19;1-14-8-4-6-10-17(14)21-15(2)20-13-12-19(21,3)16-9-5-7-11-18(16)20;1-13-7-5-6-8-16(13)20-14(2)18(3)10-11-19(20,4)15-9-12-21-17(15)18;1-13-7-3-6-10-18(13)20-14(2)15-11-12-19(20)17-9-5-4-8-16(15)17/h5-12,16H,13-14H2,1-4H3;6-10,13,15H,11-12H2,1-5H3;4-11,15H,12-13H2,1-3H3;5-9,12,14H,10-11H2,1-4H3;3-10,14-15,19H,11-12H2,1-2H3. The molecule has 15 aliphatic rings. The summed E-state index contributed by atoms with van der Waals surface area (Å²) in [5.41, 5.74) is 28.4. The van der Waals surface area contributed by atoms with Crippen LogP contribution in [0.3, 0.4) is 0 Å². The molecular weight excluding hydrogens is 1290 g/mol. The molecule has 5 saturated heterocycles. The van der Waals surface area contributed by atoms with Crippen LogP contribution < -0.4 is 29.4 Å². The summed E-state index contributed by atoms with van der Waals surface area (Å²) in [6, 6.07) is 78.3. The number of para-hydroxylation sites is 6. The maximum atomic E-state index is 5.92. The highest BCUT2D eigenvalue weighted by Gasteiger charge is 2.61. The Bertz CT molecular complexity index is 4940. The molecule has 0 amide bonds. The number of piperidine rings is 4.